The summed E-state index contributed by atoms with van der Waals surface area (Å²) in [5.74, 6) is -1.45. The Hall–Kier alpha value is -3.29. The molecule has 3 aromatic rings. The summed E-state index contributed by atoms with van der Waals surface area (Å²) in [6.45, 7) is 4.51. The highest BCUT2D eigenvalue weighted by Gasteiger charge is 2.35. The average Bonchev–Trinajstić information content (AvgIpc) is 3.24. The first-order valence-electron chi connectivity index (χ1n) is 10.2. The molecule has 0 aliphatic carbocycles. The number of para-hydroxylation sites is 1. The van der Waals surface area contributed by atoms with Gasteiger partial charge in [-0.15, -0.1) is 0 Å². The largest absolute Gasteiger partial charge is 0.378 e. The molecule has 7 heteroatoms. The molecule has 1 aromatic heterocycles. The van der Waals surface area contributed by atoms with E-state index < -0.39 is 17.9 Å². The van der Waals surface area contributed by atoms with Gasteiger partial charge in [0.15, 0.2) is 0 Å². The van der Waals surface area contributed by atoms with E-state index in [0.29, 0.717) is 5.56 Å². The maximum Gasteiger partial charge on any atom is 0.251 e. The predicted molar refractivity (Wildman–Crippen MR) is 116 cm³/mol. The molecule has 2 aromatic carbocycles. The maximum atomic E-state index is 12.6. The van der Waals surface area contributed by atoms with Crippen LogP contribution in [0, 0.1) is 19.8 Å². The number of nitrogens with one attached hydrogen (secondary N) is 2. The molecule has 0 radical (unpaired) electrons. The number of hydrogen-bond acceptors (Lipinski definition) is 5. The molecule has 0 bridgehead atoms. The second-order valence-corrected chi connectivity index (χ2v) is 7.89. The minimum Gasteiger partial charge on any atom is -0.378 e. The monoisotopic (exact) mass is 419 g/mol. The highest BCUT2D eigenvalue weighted by Crippen LogP contribution is 2.25. The number of hydroxylamine groups is 1. The van der Waals surface area contributed by atoms with Crippen LogP contribution in [0.25, 0.3) is 10.9 Å². The summed E-state index contributed by atoms with van der Waals surface area (Å²) in [5.41, 5.74) is 7.64. The number of carbonyl (C=O) groups excluding carboxylic acids is 2. The van der Waals surface area contributed by atoms with Crippen LogP contribution in [0.5, 0.6) is 0 Å². The van der Waals surface area contributed by atoms with Crippen molar-refractivity contribution >= 4 is 22.7 Å². The van der Waals surface area contributed by atoms with Gasteiger partial charge in [-0.2, -0.15) is 0 Å². The second kappa shape index (κ2) is 8.83. The van der Waals surface area contributed by atoms with Crippen molar-refractivity contribution < 1.29 is 19.5 Å². The second-order valence-electron chi connectivity index (χ2n) is 7.89. The van der Waals surface area contributed by atoms with Gasteiger partial charge >= 0.3 is 0 Å². The first-order chi connectivity index (χ1) is 15.0. The van der Waals surface area contributed by atoms with Gasteiger partial charge in [-0.25, -0.2) is 5.48 Å². The highest BCUT2D eigenvalue weighted by atomic mass is 16.5. The molecule has 1 aliphatic heterocycles. The molecule has 2 amide bonds. The van der Waals surface area contributed by atoms with Gasteiger partial charge in [-0.1, -0.05) is 30.3 Å². The number of fused-ring (bicyclic) bond motifs is 1. The van der Waals surface area contributed by atoms with E-state index in [0.717, 1.165) is 28.6 Å². The number of pyridine rings is 1. The first kappa shape index (κ1) is 21.0. The lowest BCUT2D eigenvalue weighted by molar-refractivity contribution is -0.133. The van der Waals surface area contributed by atoms with Crippen LogP contribution in [0.4, 0.5) is 0 Å². The predicted octanol–water partition coefficient (Wildman–Crippen LogP) is 2.69. The lowest BCUT2D eigenvalue weighted by Crippen LogP contribution is -2.45. The Balaban J connectivity index is 1.50. The van der Waals surface area contributed by atoms with Crippen LogP contribution in [0.1, 0.15) is 32.7 Å². The molecule has 1 aliphatic rings. The third kappa shape index (κ3) is 4.28. The van der Waals surface area contributed by atoms with E-state index in [1.54, 1.807) is 17.6 Å². The normalized spacial score (nSPS) is 18.2. The number of benzene rings is 2. The van der Waals surface area contributed by atoms with Crippen molar-refractivity contribution in [2.75, 3.05) is 13.2 Å². The summed E-state index contributed by atoms with van der Waals surface area (Å²) in [4.78, 5) is 29.0. The molecule has 4 rings (SSSR count). The molecule has 1 saturated heterocycles. The highest BCUT2D eigenvalue weighted by molar-refractivity contribution is 5.95. The minimum atomic E-state index is -0.612. The Morgan fingerprint density at radius 3 is 2.58 bits per heavy atom. The Morgan fingerprint density at radius 1 is 1.10 bits per heavy atom. The van der Waals surface area contributed by atoms with E-state index in [1.165, 1.54) is 11.1 Å². The van der Waals surface area contributed by atoms with E-state index in [-0.39, 0.29) is 19.1 Å². The SMILES string of the molecule is Cc1nc2ccccc2c(Cc2ccc(C(=O)N[C@@H]3COC[C@@H]3C(=O)NO)cc2)c1C. The maximum absolute atomic E-state index is 12.6. The Morgan fingerprint density at radius 2 is 1.84 bits per heavy atom. The third-order valence-corrected chi connectivity index (χ3v) is 5.95. The van der Waals surface area contributed by atoms with Gasteiger partial charge in [0.05, 0.1) is 30.7 Å². The van der Waals surface area contributed by atoms with Crippen molar-refractivity contribution in [2.24, 2.45) is 5.92 Å². The summed E-state index contributed by atoms with van der Waals surface area (Å²) in [6, 6.07) is 15.1. The molecule has 31 heavy (non-hydrogen) atoms. The van der Waals surface area contributed by atoms with Crippen molar-refractivity contribution in [2.45, 2.75) is 26.3 Å². The van der Waals surface area contributed by atoms with Crippen LogP contribution in [0.3, 0.4) is 0 Å². The lowest BCUT2D eigenvalue weighted by Gasteiger charge is -2.17. The van der Waals surface area contributed by atoms with E-state index in [1.807, 2.05) is 37.3 Å². The number of aromatic nitrogens is 1. The molecule has 0 spiro atoms. The molecule has 2 atom stereocenters. The Labute approximate surface area is 180 Å². The summed E-state index contributed by atoms with van der Waals surface area (Å²) in [6.07, 6.45) is 0.743. The molecule has 3 N–H and O–H groups in total. The van der Waals surface area contributed by atoms with Crippen LogP contribution < -0.4 is 10.8 Å². The summed E-state index contributed by atoms with van der Waals surface area (Å²) >= 11 is 0. The number of aryl methyl sites for hydroxylation is 1. The van der Waals surface area contributed by atoms with E-state index in [4.69, 9.17) is 9.94 Å². The Kier molecular flexibility index (Phi) is 5.97. The van der Waals surface area contributed by atoms with Gasteiger partial charge < -0.3 is 10.1 Å². The molecule has 0 unspecified atom stereocenters. The van der Waals surface area contributed by atoms with E-state index in [9.17, 15) is 9.59 Å². The van der Waals surface area contributed by atoms with Gasteiger partial charge in [0.25, 0.3) is 11.8 Å². The van der Waals surface area contributed by atoms with Gasteiger partial charge in [-0.05, 0) is 55.2 Å². The smallest absolute Gasteiger partial charge is 0.251 e. The number of amides is 2. The fraction of sp³-hybridized carbons (Fsp3) is 0.292. The molecule has 160 valence electrons. The summed E-state index contributed by atoms with van der Waals surface area (Å²) < 4.78 is 5.28. The summed E-state index contributed by atoms with van der Waals surface area (Å²) in [7, 11) is 0. The molecule has 1 fully saturated rings. The standard InChI is InChI=1S/C24H25N3O4/c1-14-15(2)25-21-6-4-3-5-18(21)19(14)11-16-7-9-17(10-8-16)23(28)26-22-13-31-12-20(22)24(29)27-30/h3-10,20,22,30H,11-13H2,1-2H3,(H,26,28)(H,27,29)/t20-,22+/m0/s1. The van der Waals surface area contributed by atoms with Crippen molar-refractivity contribution in [3.63, 3.8) is 0 Å². The number of hydrogen-bond donors (Lipinski definition) is 3. The van der Waals surface area contributed by atoms with Crippen molar-refractivity contribution in [1.82, 2.24) is 15.8 Å². The zero-order valence-electron chi connectivity index (χ0n) is 17.5. The number of ether oxygens (including phenoxy) is 1. The number of carbonyl (C=O) groups is 2. The zero-order chi connectivity index (χ0) is 22.0. The van der Waals surface area contributed by atoms with Crippen LogP contribution >= 0.6 is 0 Å². The molecule has 0 saturated carbocycles. The number of rotatable bonds is 5. The van der Waals surface area contributed by atoms with E-state index in [2.05, 4.69) is 23.3 Å². The lowest BCUT2D eigenvalue weighted by atomic mass is 9.95. The van der Waals surface area contributed by atoms with Crippen molar-refractivity contribution in [3.05, 3.63) is 76.5 Å². The Bertz CT molecular complexity index is 1130. The third-order valence-electron chi connectivity index (χ3n) is 5.95. The van der Waals surface area contributed by atoms with Crippen molar-refractivity contribution in [1.29, 1.82) is 0 Å². The van der Waals surface area contributed by atoms with Crippen molar-refractivity contribution in [3.8, 4) is 0 Å². The van der Waals surface area contributed by atoms with E-state index >= 15 is 0 Å². The van der Waals surface area contributed by atoms with Crippen LogP contribution in [0.15, 0.2) is 48.5 Å². The molecular weight excluding hydrogens is 394 g/mol. The minimum absolute atomic E-state index is 0.162. The van der Waals surface area contributed by atoms with Crippen LogP contribution in [0.2, 0.25) is 0 Å². The van der Waals surface area contributed by atoms with Gasteiger partial charge in [0, 0.05) is 16.6 Å². The number of nitrogens with zero attached hydrogens (tertiary/aromatic N) is 1. The van der Waals surface area contributed by atoms with Gasteiger partial charge in [0.2, 0.25) is 0 Å². The van der Waals surface area contributed by atoms with Crippen LogP contribution in [-0.2, 0) is 16.0 Å². The quantitative estimate of drug-likeness (QED) is 0.436. The fourth-order valence-electron chi connectivity index (χ4n) is 4.01. The zero-order valence-corrected chi connectivity index (χ0v) is 17.5. The van der Waals surface area contributed by atoms with Gasteiger partial charge in [-0.3, -0.25) is 19.8 Å². The van der Waals surface area contributed by atoms with Gasteiger partial charge in [0.1, 0.15) is 0 Å². The topological polar surface area (TPSA) is 101 Å². The molecular formula is C24H25N3O4. The molecule has 2 heterocycles. The average molecular weight is 419 g/mol. The van der Waals surface area contributed by atoms with Crippen LogP contribution in [-0.4, -0.2) is 41.3 Å². The molecule has 7 nitrogen and oxygen atoms in total. The first-order valence-corrected chi connectivity index (χ1v) is 10.2. The summed E-state index contributed by atoms with van der Waals surface area (Å²) in [5, 5.41) is 12.8. The fourth-order valence-corrected chi connectivity index (χ4v) is 4.01.